The van der Waals surface area contributed by atoms with Crippen LogP contribution in [0.5, 0.6) is 5.75 Å². The van der Waals surface area contributed by atoms with Crippen molar-refractivity contribution in [2.45, 2.75) is 31.8 Å². The van der Waals surface area contributed by atoms with E-state index in [0.717, 1.165) is 11.3 Å². The highest BCUT2D eigenvalue weighted by atomic mass is 19.1. The highest BCUT2D eigenvalue weighted by Gasteiger charge is 2.40. The Hall–Kier alpha value is -1.90. The van der Waals surface area contributed by atoms with E-state index in [9.17, 15) is 8.78 Å². The summed E-state index contributed by atoms with van der Waals surface area (Å²) in [5, 5.41) is 0. The zero-order chi connectivity index (χ0) is 14.3. The average Bonchev–Trinajstić information content (AvgIpc) is 2.38. The first-order valence-electron chi connectivity index (χ1n) is 6.61. The van der Waals surface area contributed by atoms with Crippen molar-refractivity contribution in [3.05, 3.63) is 65.2 Å². The number of benzene rings is 2. The third-order valence-electron chi connectivity index (χ3n) is 3.89. The first-order chi connectivity index (χ1) is 9.49. The number of halogens is 2. The number of fused-ring (bicyclic) bond motifs is 1. The van der Waals surface area contributed by atoms with E-state index in [1.807, 2.05) is 26.0 Å². The summed E-state index contributed by atoms with van der Waals surface area (Å²) >= 11 is 0. The highest BCUT2D eigenvalue weighted by Crippen LogP contribution is 2.43. The van der Waals surface area contributed by atoms with Crippen molar-refractivity contribution in [2.24, 2.45) is 0 Å². The van der Waals surface area contributed by atoms with Gasteiger partial charge in [-0.3, -0.25) is 0 Å². The summed E-state index contributed by atoms with van der Waals surface area (Å²) in [7, 11) is 0. The minimum atomic E-state index is -0.669. The smallest absolute Gasteiger partial charge is 0.129 e. The predicted octanol–water partition coefficient (Wildman–Crippen LogP) is 4.26. The second-order valence-corrected chi connectivity index (χ2v) is 5.63. The molecule has 0 aromatic heterocycles. The summed E-state index contributed by atoms with van der Waals surface area (Å²) in [5.41, 5.74) is 0.365. The topological polar surface area (TPSA) is 9.23 Å². The Balaban J connectivity index is 2.10. The molecular formula is C17H15F2O. The summed E-state index contributed by atoms with van der Waals surface area (Å²) < 4.78 is 34.0. The fourth-order valence-corrected chi connectivity index (χ4v) is 2.82. The molecule has 1 aliphatic heterocycles. The molecule has 2 aromatic carbocycles. The van der Waals surface area contributed by atoms with Gasteiger partial charge in [0.05, 0.1) is 0 Å². The van der Waals surface area contributed by atoms with Gasteiger partial charge < -0.3 is 4.74 Å². The van der Waals surface area contributed by atoms with E-state index in [-0.39, 0.29) is 11.5 Å². The second kappa shape index (κ2) is 4.58. The van der Waals surface area contributed by atoms with Crippen LogP contribution in [0.2, 0.25) is 0 Å². The number of hydrogen-bond acceptors (Lipinski definition) is 1. The molecule has 0 aliphatic carbocycles. The van der Waals surface area contributed by atoms with Gasteiger partial charge in [-0.05, 0) is 56.2 Å². The first kappa shape index (κ1) is 13.1. The summed E-state index contributed by atoms with van der Waals surface area (Å²) in [6, 6.07) is 12.4. The standard InChI is InChI=1S/C17H15F2O/c1-17(2)12(16-13(18)7-5-8-14(16)19)10-11-6-3-4-9-15(11)20-17/h4-9,12H,10H2,1-2H3. The Morgan fingerprint density at radius 1 is 1.20 bits per heavy atom. The molecule has 0 saturated heterocycles. The number of hydrogen-bond donors (Lipinski definition) is 0. The lowest BCUT2D eigenvalue weighted by molar-refractivity contribution is 0.0586. The third kappa shape index (κ3) is 2.07. The molecule has 2 aromatic rings. The largest absolute Gasteiger partial charge is 0.487 e. The van der Waals surface area contributed by atoms with Crippen LogP contribution in [0.3, 0.4) is 0 Å². The van der Waals surface area contributed by atoms with Crippen LogP contribution in [-0.2, 0) is 6.42 Å². The second-order valence-electron chi connectivity index (χ2n) is 5.63. The summed E-state index contributed by atoms with van der Waals surface area (Å²) in [6.07, 6.45) is 0.539. The van der Waals surface area contributed by atoms with Crippen molar-refractivity contribution in [1.82, 2.24) is 0 Å². The molecule has 103 valence electrons. The Bertz CT molecular complexity index is 629. The lowest BCUT2D eigenvalue weighted by Crippen LogP contribution is -2.41. The van der Waals surface area contributed by atoms with Crippen LogP contribution >= 0.6 is 0 Å². The van der Waals surface area contributed by atoms with Gasteiger partial charge in [-0.2, -0.15) is 0 Å². The van der Waals surface area contributed by atoms with E-state index in [4.69, 9.17) is 4.74 Å². The molecule has 1 atom stereocenters. The molecular weight excluding hydrogens is 258 g/mol. The van der Waals surface area contributed by atoms with Crippen LogP contribution < -0.4 is 4.74 Å². The molecule has 20 heavy (non-hydrogen) atoms. The molecule has 0 bridgehead atoms. The zero-order valence-corrected chi connectivity index (χ0v) is 11.4. The summed E-state index contributed by atoms with van der Waals surface area (Å²) in [6.45, 7) is 3.73. The molecule has 1 aliphatic rings. The van der Waals surface area contributed by atoms with Gasteiger partial charge in [0.2, 0.25) is 0 Å². The van der Waals surface area contributed by atoms with Crippen LogP contribution in [0.15, 0.2) is 36.4 Å². The summed E-state index contributed by atoms with van der Waals surface area (Å²) in [4.78, 5) is 0. The van der Waals surface area contributed by atoms with Crippen LogP contribution in [0, 0.1) is 17.7 Å². The van der Waals surface area contributed by atoms with Crippen molar-refractivity contribution < 1.29 is 13.5 Å². The van der Waals surface area contributed by atoms with Crippen molar-refractivity contribution >= 4 is 0 Å². The maximum atomic E-state index is 14.1. The van der Waals surface area contributed by atoms with Gasteiger partial charge in [0, 0.05) is 11.5 Å². The Labute approximate surface area is 117 Å². The Morgan fingerprint density at radius 2 is 1.90 bits per heavy atom. The number of ether oxygens (including phenoxy) is 1. The summed E-state index contributed by atoms with van der Waals surface area (Å²) in [5.74, 6) is -0.640. The average molecular weight is 273 g/mol. The quantitative estimate of drug-likeness (QED) is 0.754. The van der Waals surface area contributed by atoms with Crippen molar-refractivity contribution in [3.63, 3.8) is 0 Å². The van der Waals surface area contributed by atoms with Crippen molar-refractivity contribution in [1.29, 1.82) is 0 Å². The molecule has 3 rings (SSSR count). The minimum absolute atomic E-state index is 0.104. The van der Waals surface area contributed by atoms with E-state index >= 15 is 0 Å². The molecule has 1 radical (unpaired) electrons. The lowest BCUT2D eigenvalue weighted by Gasteiger charge is -2.40. The number of rotatable bonds is 1. The van der Waals surface area contributed by atoms with Crippen LogP contribution in [0.4, 0.5) is 8.78 Å². The minimum Gasteiger partial charge on any atom is -0.487 e. The van der Waals surface area contributed by atoms with Gasteiger partial charge in [0.25, 0.3) is 0 Å². The first-order valence-corrected chi connectivity index (χ1v) is 6.61. The van der Waals surface area contributed by atoms with Gasteiger partial charge in [0.15, 0.2) is 0 Å². The van der Waals surface area contributed by atoms with Crippen LogP contribution in [0.25, 0.3) is 0 Å². The molecule has 3 heteroatoms. The van der Waals surface area contributed by atoms with Crippen LogP contribution in [0.1, 0.15) is 30.9 Å². The normalized spacial score (nSPS) is 20.1. The monoisotopic (exact) mass is 273 g/mol. The van der Waals surface area contributed by atoms with Gasteiger partial charge in [-0.1, -0.05) is 12.1 Å². The zero-order valence-electron chi connectivity index (χ0n) is 11.4. The SMILES string of the molecule is CC1(C)Oc2cc[c]cc2CC1c1c(F)cccc1F. The van der Waals surface area contributed by atoms with Gasteiger partial charge >= 0.3 is 0 Å². The Morgan fingerprint density at radius 3 is 2.60 bits per heavy atom. The molecule has 0 amide bonds. The van der Waals surface area contributed by atoms with Crippen molar-refractivity contribution in [3.8, 4) is 5.75 Å². The molecule has 1 unspecified atom stereocenters. The predicted molar refractivity (Wildman–Crippen MR) is 72.8 cm³/mol. The maximum Gasteiger partial charge on any atom is 0.129 e. The Kier molecular flexibility index (Phi) is 3.00. The molecule has 1 nitrogen and oxygen atoms in total. The molecule has 0 fully saturated rings. The van der Waals surface area contributed by atoms with Crippen molar-refractivity contribution in [2.75, 3.05) is 0 Å². The van der Waals surface area contributed by atoms with E-state index < -0.39 is 17.2 Å². The van der Waals surface area contributed by atoms with E-state index in [2.05, 4.69) is 6.07 Å². The maximum absolute atomic E-state index is 14.1. The lowest BCUT2D eigenvalue weighted by atomic mass is 9.77. The molecule has 0 N–H and O–H groups in total. The fraction of sp³-hybridized carbons (Fsp3) is 0.294. The van der Waals surface area contributed by atoms with E-state index in [0.29, 0.717) is 6.42 Å². The van der Waals surface area contributed by atoms with E-state index in [1.54, 1.807) is 6.07 Å². The van der Waals surface area contributed by atoms with E-state index in [1.165, 1.54) is 18.2 Å². The van der Waals surface area contributed by atoms with Crippen LogP contribution in [-0.4, -0.2) is 5.60 Å². The van der Waals surface area contributed by atoms with Gasteiger partial charge in [-0.15, -0.1) is 0 Å². The molecule has 0 spiro atoms. The fourth-order valence-electron chi connectivity index (χ4n) is 2.82. The molecule has 0 saturated carbocycles. The van der Waals surface area contributed by atoms with Gasteiger partial charge in [0.1, 0.15) is 23.0 Å². The van der Waals surface area contributed by atoms with Gasteiger partial charge in [-0.25, -0.2) is 8.78 Å². The third-order valence-corrected chi connectivity index (χ3v) is 3.89. The highest BCUT2D eigenvalue weighted by molar-refractivity contribution is 5.40. The molecule has 1 heterocycles.